The zero-order valence-corrected chi connectivity index (χ0v) is 9.53. The standard InChI is InChI=1S/C11H12O4S/c1-7(5-12)8-6-16(14,15)10-4-2-3-9(13)11(8)10/h2-4,6-7,12-13H,5H2,1H3. The Morgan fingerprint density at radius 2 is 2.06 bits per heavy atom. The lowest BCUT2D eigenvalue weighted by Crippen LogP contribution is -2.02. The third kappa shape index (κ3) is 1.52. The van der Waals surface area contributed by atoms with Crippen molar-refractivity contribution in [2.24, 2.45) is 5.92 Å². The van der Waals surface area contributed by atoms with Crippen molar-refractivity contribution in [1.82, 2.24) is 0 Å². The maximum absolute atomic E-state index is 11.8. The number of sulfone groups is 1. The molecular weight excluding hydrogens is 228 g/mol. The van der Waals surface area contributed by atoms with E-state index >= 15 is 0 Å². The van der Waals surface area contributed by atoms with E-state index in [1.807, 2.05) is 0 Å². The maximum atomic E-state index is 11.8. The van der Waals surface area contributed by atoms with E-state index < -0.39 is 9.84 Å². The predicted octanol–water partition coefficient (Wildman–Crippen LogP) is 1.15. The molecular formula is C11H12O4S. The van der Waals surface area contributed by atoms with Gasteiger partial charge in [-0.2, -0.15) is 0 Å². The number of hydrogen-bond donors (Lipinski definition) is 2. The Kier molecular flexibility index (Phi) is 2.52. The minimum Gasteiger partial charge on any atom is -0.507 e. The molecule has 1 heterocycles. The van der Waals surface area contributed by atoms with Crippen molar-refractivity contribution < 1.29 is 18.6 Å². The average Bonchev–Trinajstić information content (AvgIpc) is 2.52. The molecule has 0 bridgehead atoms. The molecule has 0 radical (unpaired) electrons. The third-order valence-electron chi connectivity index (χ3n) is 2.69. The second-order valence-corrected chi connectivity index (χ2v) is 5.62. The topological polar surface area (TPSA) is 74.6 Å². The van der Waals surface area contributed by atoms with E-state index in [1.54, 1.807) is 6.92 Å². The summed E-state index contributed by atoms with van der Waals surface area (Å²) in [4.78, 5) is 0.114. The van der Waals surface area contributed by atoms with Crippen molar-refractivity contribution in [3.63, 3.8) is 0 Å². The van der Waals surface area contributed by atoms with Crippen molar-refractivity contribution in [2.45, 2.75) is 11.8 Å². The summed E-state index contributed by atoms with van der Waals surface area (Å²) in [7, 11) is -3.47. The lowest BCUT2D eigenvalue weighted by Gasteiger charge is -2.11. The molecule has 0 aromatic heterocycles. The quantitative estimate of drug-likeness (QED) is 0.813. The van der Waals surface area contributed by atoms with Gasteiger partial charge in [-0.15, -0.1) is 0 Å². The highest BCUT2D eigenvalue weighted by molar-refractivity contribution is 7.95. The highest BCUT2D eigenvalue weighted by Gasteiger charge is 2.31. The molecule has 2 rings (SSSR count). The van der Waals surface area contributed by atoms with Gasteiger partial charge in [0.25, 0.3) is 0 Å². The molecule has 0 spiro atoms. The predicted molar refractivity (Wildman–Crippen MR) is 59.5 cm³/mol. The van der Waals surface area contributed by atoms with Gasteiger partial charge in [-0.05, 0) is 17.7 Å². The molecule has 2 N–H and O–H groups in total. The summed E-state index contributed by atoms with van der Waals surface area (Å²) in [5.41, 5.74) is 0.791. The fourth-order valence-corrected chi connectivity index (χ4v) is 3.38. The number of phenols is 1. The van der Waals surface area contributed by atoms with Crippen LogP contribution in [0.15, 0.2) is 28.5 Å². The SMILES string of the molecule is CC(CO)C1=CS(=O)(=O)c2cccc(O)c21. The van der Waals surface area contributed by atoms with Crippen molar-refractivity contribution in [1.29, 1.82) is 0 Å². The number of hydrogen-bond acceptors (Lipinski definition) is 4. The summed E-state index contributed by atoms with van der Waals surface area (Å²) < 4.78 is 23.5. The monoisotopic (exact) mass is 240 g/mol. The van der Waals surface area contributed by atoms with Crippen molar-refractivity contribution >= 4 is 15.4 Å². The summed E-state index contributed by atoms with van der Waals surface area (Å²) in [5.74, 6) is -0.380. The zero-order chi connectivity index (χ0) is 11.9. The number of aliphatic hydroxyl groups excluding tert-OH is 1. The normalized spacial score (nSPS) is 19.0. The Bertz CT molecular complexity index is 557. The molecule has 1 aromatic carbocycles. The summed E-state index contributed by atoms with van der Waals surface area (Å²) in [6.45, 7) is 1.55. The molecule has 0 aliphatic carbocycles. The molecule has 4 nitrogen and oxygen atoms in total. The Hall–Kier alpha value is -1.33. The molecule has 0 saturated carbocycles. The van der Waals surface area contributed by atoms with Crippen LogP contribution in [0.4, 0.5) is 0 Å². The number of aliphatic hydroxyl groups is 1. The molecule has 1 atom stereocenters. The van der Waals surface area contributed by atoms with Crippen LogP contribution in [0.25, 0.3) is 5.57 Å². The van der Waals surface area contributed by atoms with E-state index in [9.17, 15) is 13.5 Å². The van der Waals surface area contributed by atoms with Crippen LogP contribution in [0, 0.1) is 5.92 Å². The molecule has 5 heteroatoms. The molecule has 0 amide bonds. The number of aromatic hydroxyl groups is 1. The molecule has 86 valence electrons. The molecule has 1 aromatic rings. The molecule has 1 unspecified atom stereocenters. The van der Waals surface area contributed by atoms with Crippen molar-refractivity contribution in [3.05, 3.63) is 29.2 Å². The smallest absolute Gasteiger partial charge is 0.200 e. The van der Waals surface area contributed by atoms with Gasteiger partial charge in [-0.25, -0.2) is 8.42 Å². The minimum absolute atomic E-state index is 0.0647. The van der Waals surface area contributed by atoms with E-state index in [1.165, 1.54) is 18.2 Å². The van der Waals surface area contributed by atoms with Gasteiger partial charge in [0.05, 0.1) is 4.90 Å². The average molecular weight is 240 g/mol. The first-order chi connectivity index (χ1) is 7.47. The number of rotatable bonds is 2. The fraction of sp³-hybridized carbons (Fsp3) is 0.273. The minimum atomic E-state index is -3.47. The van der Waals surface area contributed by atoms with Gasteiger partial charge in [0.2, 0.25) is 9.84 Å². The van der Waals surface area contributed by atoms with E-state index in [2.05, 4.69) is 0 Å². The first-order valence-electron chi connectivity index (χ1n) is 4.87. The van der Waals surface area contributed by atoms with E-state index in [-0.39, 0.29) is 23.2 Å². The Balaban J connectivity index is 2.72. The van der Waals surface area contributed by atoms with E-state index in [0.717, 1.165) is 5.41 Å². The second kappa shape index (κ2) is 3.61. The first-order valence-corrected chi connectivity index (χ1v) is 6.42. The molecule has 1 aliphatic heterocycles. The summed E-state index contributed by atoms with van der Waals surface area (Å²) in [6.07, 6.45) is 0. The Morgan fingerprint density at radius 1 is 1.38 bits per heavy atom. The second-order valence-electron chi connectivity index (χ2n) is 3.85. The van der Waals surface area contributed by atoms with Crippen molar-refractivity contribution in [3.8, 4) is 5.75 Å². The van der Waals surface area contributed by atoms with Crippen molar-refractivity contribution in [2.75, 3.05) is 6.61 Å². The van der Waals surface area contributed by atoms with E-state index in [4.69, 9.17) is 5.11 Å². The molecule has 0 fully saturated rings. The van der Waals surface area contributed by atoms with Crippen LogP contribution >= 0.6 is 0 Å². The Morgan fingerprint density at radius 3 is 2.69 bits per heavy atom. The largest absolute Gasteiger partial charge is 0.507 e. The van der Waals surface area contributed by atoms with Gasteiger partial charge < -0.3 is 10.2 Å². The van der Waals surface area contributed by atoms with Gasteiger partial charge in [0, 0.05) is 23.5 Å². The highest BCUT2D eigenvalue weighted by atomic mass is 32.2. The van der Waals surface area contributed by atoms with Gasteiger partial charge in [0.15, 0.2) is 0 Å². The van der Waals surface area contributed by atoms with Gasteiger partial charge in [0.1, 0.15) is 5.75 Å². The first kappa shape index (κ1) is 11.2. The molecule has 1 aliphatic rings. The van der Waals surface area contributed by atoms with Gasteiger partial charge in [-0.3, -0.25) is 0 Å². The van der Waals surface area contributed by atoms with Crippen LogP contribution < -0.4 is 0 Å². The van der Waals surface area contributed by atoms with Crippen LogP contribution in [-0.4, -0.2) is 25.2 Å². The number of benzene rings is 1. The van der Waals surface area contributed by atoms with Gasteiger partial charge >= 0.3 is 0 Å². The number of fused-ring (bicyclic) bond motifs is 1. The lowest BCUT2D eigenvalue weighted by molar-refractivity contribution is 0.266. The summed E-state index contributed by atoms with van der Waals surface area (Å²) in [5, 5.41) is 19.9. The Labute approximate surface area is 93.8 Å². The lowest BCUT2D eigenvalue weighted by atomic mass is 9.95. The summed E-state index contributed by atoms with van der Waals surface area (Å²) in [6, 6.07) is 4.39. The van der Waals surface area contributed by atoms with Crippen LogP contribution in [0.5, 0.6) is 5.75 Å². The van der Waals surface area contributed by atoms with E-state index in [0.29, 0.717) is 11.1 Å². The number of phenolic OH excluding ortho intramolecular Hbond substituents is 1. The zero-order valence-electron chi connectivity index (χ0n) is 8.71. The molecule has 0 saturated heterocycles. The summed E-state index contributed by atoms with van der Waals surface area (Å²) >= 11 is 0. The molecule has 16 heavy (non-hydrogen) atoms. The highest BCUT2D eigenvalue weighted by Crippen LogP contribution is 2.42. The van der Waals surface area contributed by atoms with Crippen LogP contribution in [-0.2, 0) is 9.84 Å². The van der Waals surface area contributed by atoms with Crippen LogP contribution in [0.2, 0.25) is 0 Å². The van der Waals surface area contributed by atoms with Crippen LogP contribution in [0.3, 0.4) is 0 Å². The van der Waals surface area contributed by atoms with Gasteiger partial charge in [-0.1, -0.05) is 13.0 Å². The fourth-order valence-electron chi connectivity index (χ4n) is 1.80. The maximum Gasteiger partial charge on any atom is 0.200 e. The third-order valence-corrected chi connectivity index (χ3v) is 4.20. The van der Waals surface area contributed by atoms with Crippen LogP contribution in [0.1, 0.15) is 12.5 Å².